The lowest BCUT2D eigenvalue weighted by Crippen LogP contribution is -2.13. The number of rotatable bonds is 3. The molecule has 0 radical (unpaired) electrons. The van der Waals surface area contributed by atoms with E-state index >= 15 is 0 Å². The van der Waals surface area contributed by atoms with E-state index in [-0.39, 0.29) is 11.3 Å². The molecule has 4 aromatic rings. The molecule has 4 nitrogen and oxygen atoms in total. The molecule has 0 bridgehead atoms. The van der Waals surface area contributed by atoms with Crippen molar-refractivity contribution in [2.45, 2.75) is 40.0 Å². The van der Waals surface area contributed by atoms with Crippen LogP contribution in [0.5, 0.6) is 0 Å². The van der Waals surface area contributed by atoms with E-state index in [9.17, 15) is 4.79 Å². The van der Waals surface area contributed by atoms with Crippen LogP contribution in [0.1, 0.15) is 47.8 Å². The Morgan fingerprint density at radius 1 is 0.933 bits per heavy atom. The number of aromatic nitrogens is 1. The molecule has 0 spiro atoms. The zero-order valence-corrected chi connectivity index (χ0v) is 18.0. The van der Waals surface area contributed by atoms with Crippen LogP contribution in [0.15, 0.2) is 65.1 Å². The zero-order valence-electron chi connectivity index (χ0n) is 18.0. The summed E-state index contributed by atoms with van der Waals surface area (Å²) < 4.78 is 5.93. The van der Waals surface area contributed by atoms with E-state index in [2.05, 4.69) is 43.2 Å². The molecule has 0 aliphatic heterocycles. The van der Waals surface area contributed by atoms with Crippen LogP contribution in [0.3, 0.4) is 0 Å². The molecule has 3 aromatic carbocycles. The summed E-state index contributed by atoms with van der Waals surface area (Å²) in [5, 5.41) is 2.96. The summed E-state index contributed by atoms with van der Waals surface area (Å²) in [5.41, 5.74) is 7.14. The zero-order chi connectivity index (χ0) is 21.5. The summed E-state index contributed by atoms with van der Waals surface area (Å²) in [6, 6.07) is 19.6. The summed E-state index contributed by atoms with van der Waals surface area (Å²) >= 11 is 0. The van der Waals surface area contributed by atoms with Crippen LogP contribution < -0.4 is 5.32 Å². The molecule has 1 heterocycles. The van der Waals surface area contributed by atoms with E-state index in [1.807, 2.05) is 62.4 Å². The van der Waals surface area contributed by atoms with Crippen molar-refractivity contribution in [3.63, 3.8) is 0 Å². The van der Waals surface area contributed by atoms with Crippen molar-refractivity contribution in [2.24, 2.45) is 0 Å². The summed E-state index contributed by atoms with van der Waals surface area (Å²) in [5.74, 6) is 0.441. The summed E-state index contributed by atoms with van der Waals surface area (Å²) in [6.07, 6.45) is 0. The van der Waals surface area contributed by atoms with Gasteiger partial charge in [0.2, 0.25) is 5.89 Å². The fraction of sp³-hybridized carbons (Fsp3) is 0.231. The molecule has 0 atom stereocenters. The molecule has 0 aliphatic carbocycles. The first-order chi connectivity index (χ1) is 14.2. The lowest BCUT2D eigenvalue weighted by atomic mass is 9.87. The molecular formula is C26H26N2O2. The molecule has 4 heteroatoms. The molecule has 0 saturated carbocycles. The number of fused-ring (bicyclic) bond motifs is 1. The van der Waals surface area contributed by atoms with Crippen molar-refractivity contribution < 1.29 is 9.21 Å². The minimum Gasteiger partial charge on any atom is -0.436 e. The Morgan fingerprint density at radius 3 is 2.33 bits per heavy atom. The molecule has 0 saturated heterocycles. The standard InChI is InChI=1S/C26H26N2O2/c1-16-6-12-21(17(2)14-16)24(29)27-20-11-13-23-22(15-20)28-25(30-23)18-7-9-19(10-8-18)26(3,4)5/h6-15H,1-5H3,(H,27,29). The molecule has 0 unspecified atom stereocenters. The van der Waals surface area contributed by atoms with E-state index in [0.29, 0.717) is 28.2 Å². The lowest BCUT2D eigenvalue weighted by molar-refractivity contribution is 0.102. The van der Waals surface area contributed by atoms with Crippen molar-refractivity contribution in [2.75, 3.05) is 5.32 Å². The van der Waals surface area contributed by atoms with Crippen molar-refractivity contribution >= 4 is 22.7 Å². The van der Waals surface area contributed by atoms with Gasteiger partial charge in [0.25, 0.3) is 5.91 Å². The van der Waals surface area contributed by atoms with Gasteiger partial charge in [-0.3, -0.25) is 4.79 Å². The van der Waals surface area contributed by atoms with Gasteiger partial charge in [-0.2, -0.15) is 0 Å². The third-order valence-electron chi connectivity index (χ3n) is 5.27. The van der Waals surface area contributed by atoms with Gasteiger partial charge in [-0.1, -0.05) is 50.6 Å². The Kier molecular flexibility index (Phi) is 4.94. The highest BCUT2D eigenvalue weighted by Crippen LogP contribution is 2.29. The number of carbonyl (C=O) groups is 1. The maximum Gasteiger partial charge on any atom is 0.255 e. The van der Waals surface area contributed by atoms with Crippen LogP contribution in [0.25, 0.3) is 22.6 Å². The normalized spacial score (nSPS) is 11.6. The highest BCUT2D eigenvalue weighted by molar-refractivity contribution is 6.05. The van der Waals surface area contributed by atoms with Gasteiger partial charge in [0.15, 0.2) is 5.58 Å². The fourth-order valence-electron chi connectivity index (χ4n) is 3.51. The average Bonchev–Trinajstić information content (AvgIpc) is 3.10. The Labute approximate surface area is 177 Å². The Bertz CT molecular complexity index is 1230. The predicted octanol–water partition coefficient (Wildman–Crippen LogP) is 6.66. The topological polar surface area (TPSA) is 55.1 Å². The molecule has 152 valence electrons. The molecule has 1 amide bonds. The number of amides is 1. The monoisotopic (exact) mass is 398 g/mol. The Balaban J connectivity index is 1.59. The first-order valence-electron chi connectivity index (χ1n) is 10.1. The highest BCUT2D eigenvalue weighted by atomic mass is 16.3. The van der Waals surface area contributed by atoms with Crippen LogP contribution in [-0.4, -0.2) is 10.9 Å². The van der Waals surface area contributed by atoms with Crippen molar-refractivity contribution in [3.05, 3.63) is 82.9 Å². The van der Waals surface area contributed by atoms with Crippen molar-refractivity contribution in [1.82, 2.24) is 4.98 Å². The van der Waals surface area contributed by atoms with Crippen LogP contribution in [0.2, 0.25) is 0 Å². The third-order valence-corrected chi connectivity index (χ3v) is 5.27. The van der Waals surface area contributed by atoms with Gasteiger partial charge in [0.05, 0.1) is 0 Å². The number of nitrogens with zero attached hydrogens (tertiary/aromatic N) is 1. The van der Waals surface area contributed by atoms with Crippen molar-refractivity contribution in [3.8, 4) is 11.5 Å². The molecule has 0 aliphatic rings. The molecule has 1 aromatic heterocycles. The number of benzene rings is 3. The summed E-state index contributed by atoms with van der Waals surface area (Å²) in [6.45, 7) is 10.5. The summed E-state index contributed by atoms with van der Waals surface area (Å²) in [4.78, 5) is 17.3. The number of anilines is 1. The van der Waals surface area contributed by atoms with Crippen LogP contribution in [0, 0.1) is 13.8 Å². The molecule has 0 fully saturated rings. The summed E-state index contributed by atoms with van der Waals surface area (Å²) in [7, 11) is 0. The van der Waals surface area contributed by atoms with Gasteiger partial charge in [0, 0.05) is 16.8 Å². The number of carbonyl (C=O) groups excluding carboxylic acids is 1. The number of aryl methyl sites for hydroxylation is 2. The van der Waals surface area contributed by atoms with Gasteiger partial charge >= 0.3 is 0 Å². The molecule has 4 rings (SSSR count). The van der Waals surface area contributed by atoms with Crippen LogP contribution in [0.4, 0.5) is 5.69 Å². The van der Waals surface area contributed by atoms with E-state index in [4.69, 9.17) is 4.42 Å². The van der Waals surface area contributed by atoms with E-state index in [1.165, 1.54) is 5.56 Å². The van der Waals surface area contributed by atoms with E-state index in [1.54, 1.807) is 0 Å². The smallest absolute Gasteiger partial charge is 0.255 e. The van der Waals surface area contributed by atoms with Gasteiger partial charge in [-0.15, -0.1) is 0 Å². The minimum atomic E-state index is -0.131. The first-order valence-corrected chi connectivity index (χ1v) is 10.1. The van der Waals surface area contributed by atoms with E-state index < -0.39 is 0 Å². The molecular weight excluding hydrogens is 372 g/mol. The van der Waals surface area contributed by atoms with Gasteiger partial charge < -0.3 is 9.73 Å². The second kappa shape index (κ2) is 7.45. The maximum atomic E-state index is 12.7. The second-order valence-corrected chi connectivity index (χ2v) is 8.80. The number of hydrogen-bond donors (Lipinski definition) is 1. The Morgan fingerprint density at radius 2 is 1.67 bits per heavy atom. The lowest BCUT2D eigenvalue weighted by Gasteiger charge is -2.18. The largest absolute Gasteiger partial charge is 0.436 e. The van der Waals surface area contributed by atoms with Gasteiger partial charge in [-0.25, -0.2) is 4.98 Å². The van der Waals surface area contributed by atoms with Gasteiger partial charge in [0.1, 0.15) is 5.52 Å². The average molecular weight is 399 g/mol. The molecule has 30 heavy (non-hydrogen) atoms. The first kappa shape index (κ1) is 19.9. The minimum absolute atomic E-state index is 0.0999. The number of oxazole rings is 1. The fourth-order valence-corrected chi connectivity index (χ4v) is 3.51. The molecule has 1 N–H and O–H groups in total. The van der Waals surface area contributed by atoms with Crippen LogP contribution >= 0.6 is 0 Å². The van der Waals surface area contributed by atoms with Crippen molar-refractivity contribution in [1.29, 1.82) is 0 Å². The number of nitrogens with one attached hydrogen (secondary N) is 1. The SMILES string of the molecule is Cc1ccc(C(=O)Nc2ccc3oc(-c4ccc(C(C)(C)C)cc4)nc3c2)c(C)c1. The van der Waals surface area contributed by atoms with Crippen LogP contribution in [-0.2, 0) is 5.41 Å². The quantitative estimate of drug-likeness (QED) is 0.420. The highest BCUT2D eigenvalue weighted by Gasteiger charge is 2.15. The second-order valence-electron chi connectivity index (χ2n) is 8.80. The Hall–Kier alpha value is -3.40. The number of hydrogen-bond acceptors (Lipinski definition) is 3. The maximum absolute atomic E-state index is 12.7. The van der Waals surface area contributed by atoms with Gasteiger partial charge in [-0.05, 0) is 66.8 Å². The van der Waals surface area contributed by atoms with E-state index in [0.717, 1.165) is 16.7 Å². The third kappa shape index (κ3) is 3.99. The predicted molar refractivity (Wildman–Crippen MR) is 122 cm³/mol.